The van der Waals surface area contributed by atoms with Gasteiger partial charge in [0.05, 0.1) is 0 Å². The zero-order valence-corrected chi connectivity index (χ0v) is 5.12. The van der Waals surface area contributed by atoms with E-state index < -0.39 is 0 Å². The molecule has 0 fully saturated rings. The van der Waals surface area contributed by atoms with Gasteiger partial charge in [0, 0.05) is 0 Å². The van der Waals surface area contributed by atoms with Crippen LogP contribution in [0, 0.1) is 0 Å². The standard InChI is InChI=1S/C8H9N.H4Si/c9-7-6-8-4-2-1-3-5-8;/h1-7H,9H2;1H4. The quantitative estimate of drug-likeness (QED) is 0.569. The predicted octanol–water partition coefficient (Wildman–Crippen LogP) is 0.164. The summed E-state index contributed by atoms with van der Waals surface area (Å²) < 4.78 is 0. The molecule has 1 aromatic carbocycles. The Morgan fingerprint density at radius 2 is 1.70 bits per heavy atom. The summed E-state index contributed by atoms with van der Waals surface area (Å²) in [6, 6.07) is 9.95. The maximum Gasteiger partial charge on any atom is -0.00564 e. The molecule has 0 aromatic heterocycles. The molecular formula is C8H13NSi. The molecule has 0 aliphatic carbocycles. The van der Waals surface area contributed by atoms with Gasteiger partial charge in [-0.3, -0.25) is 0 Å². The molecule has 2 N–H and O–H groups in total. The van der Waals surface area contributed by atoms with Crippen molar-refractivity contribution in [2.45, 2.75) is 0 Å². The molecule has 2 heteroatoms. The van der Waals surface area contributed by atoms with E-state index in [4.69, 9.17) is 5.73 Å². The molecule has 0 aliphatic rings. The van der Waals surface area contributed by atoms with Crippen molar-refractivity contribution in [2.75, 3.05) is 0 Å². The van der Waals surface area contributed by atoms with E-state index in [-0.39, 0.29) is 11.0 Å². The lowest BCUT2D eigenvalue weighted by molar-refractivity contribution is 1.60. The van der Waals surface area contributed by atoms with Gasteiger partial charge in [0.25, 0.3) is 0 Å². The SMILES string of the molecule is NC=Cc1ccccc1.[SiH4]. The van der Waals surface area contributed by atoms with Gasteiger partial charge in [-0.15, -0.1) is 0 Å². The fourth-order valence-electron chi connectivity index (χ4n) is 0.675. The van der Waals surface area contributed by atoms with Gasteiger partial charge in [0.2, 0.25) is 0 Å². The molecule has 0 spiro atoms. The van der Waals surface area contributed by atoms with Gasteiger partial charge in [-0.2, -0.15) is 0 Å². The van der Waals surface area contributed by atoms with Crippen molar-refractivity contribution in [3.63, 3.8) is 0 Å². The normalized spacial score (nSPS) is 9.20. The maximum absolute atomic E-state index is 5.18. The first-order chi connectivity index (χ1) is 4.43. The van der Waals surface area contributed by atoms with E-state index in [0.29, 0.717) is 0 Å². The smallest absolute Gasteiger partial charge is 0.00564 e. The van der Waals surface area contributed by atoms with Crippen LogP contribution in [-0.4, -0.2) is 11.0 Å². The minimum atomic E-state index is 0. The summed E-state index contributed by atoms with van der Waals surface area (Å²) in [6.45, 7) is 0. The first-order valence-corrected chi connectivity index (χ1v) is 2.87. The van der Waals surface area contributed by atoms with Crippen molar-refractivity contribution in [2.24, 2.45) is 5.73 Å². The molecule has 0 atom stereocenters. The minimum Gasteiger partial charge on any atom is -0.405 e. The predicted molar refractivity (Wildman–Crippen MR) is 51.0 cm³/mol. The summed E-state index contributed by atoms with van der Waals surface area (Å²) in [6.07, 6.45) is 3.40. The summed E-state index contributed by atoms with van der Waals surface area (Å²) in [5, 5.41) is 0. The van der Waals surface area contributed by atoms with Crippen LogP contribution in [0.15, 0.2) is 36.5 Å². The minimum absolute atomic E-state index is 0. The van der Waals surface area contributed by atoms with Crippen molar-refractivity contribution < 1.29 is 0 Å². The van der Waals surface area contributed by atoms with Gasteiger partial charge in [0.1, 0.15) is 0 Å². The van der Waals surface area contributed by atoms with Crippen molar-refractivity contribution in [1.82, 2.24) is 0 Å². The van der Waals surface area contributed by atoms with E-state index in [1.807, 2.05) is 36.4 Å². The summed E-state index contributed by atoms with van der Waals surface area (Å²) in [7, 11) is 0. The monoisotopic (exact) mass is 151 g/mol. The van der Waals surface area contributed by atoms with Gasteiger partial charge >= 0.3 is 0 Å². The molecule has 1 rings (SSSR count). The Morgan fingerprint density at radius 3 is 2.20 bits per heavy atom. The van der Waals surface area contributed by atoms with Crippen LogP contribution >= 0.6 is 0 Å². The van der Waals surface area contributed by atoms with E-state index in [1.54, 1.807) is 0 Å². The van der Waals surface area contributed by atoms with Crippen molar-refractivity contribution in [3.8, 4) is 0 Å². The maximum atomic E-state index is 5.18. The fourth-order valence-corrected chi connectivity index (χ4v) is 0.675. The highest BCUT2D eigenvalue weighted by atomic mass is 28.1. The highest BCUT2D eigenvalue weighted by Crippen LogP contribution is 1.98. The Labute approximate surface area is 65.6 Å². The lowest BCUT2D eigenvalue weighted by Gasteiger charge is -1.86. The van der Waals surface area contributed by atoms with E-state index in [2.05, 4.69) is 0 Å². The highest BCUT2D eigenvalue weighted by Gasteiger charge is 1.77. The lowest BCUT2D eigenvalue weighted by Crippen LogP contribution is -1.75. The van der Waals surface area contributed by atoms with E-state index in [1.165, 1.54) is 6.20 Å². The number of rotatable bonds is 1. The second-order valence-corrected chi connectivity index (χ2v) is 1.77. The number of nitrogens with two attached hydrogens (primary N) is 1. The van der Waals surface area contributed by atoms with Crippen LogP contribution in [0.5, 0.6) is 0 Å². The zero-order valence-electron chi connectivity index (χ0n) is 5.12. The van der Waals surface area contributed by atoms with Crippen molar-refractivity contribution in [3.05, 3.63) is 42.1 Å². The van der Waals surface area contributed by atoms with Gasteiger partial charge in [-0.25, -0.2) is 0 Å². The summed E-state index contributed by atoms with van der Waals surface area (Å²) in [5.74, 6) is 0. The average Bonchev–Trinajstić information content (AvgIpc) is 1.91. The molecule has 54 valence electrons. The Bertz CT molecular complexity index is 194. The van der Waals surface area contributed by atoms with Crippen LogP contribution < -0.4 is 5.73 Å². The third kappa shape index (κ3) is 2.50. The summed E-state index contributed by atoms with van der Waals surface area (Å²) in [5.41, 5.74) is 6.32. The van der Waals surface area contributed by atoms with Crippen molar-refractivity contribution >= 4 is 17.0 Å². The van der Waals surface area contributed by atoms with Crippen LogP contribution in [0.25, 0.3) is 6.08 Å². The molecule has 0 radical (unpaired) electrons. The first kappa shape index (κ1) is 8.98. The van der Waals surface area contributed by atoms with Crippen LogP contribution in [0.2, 0.25) is 0 Å². The Morgan fingerprint density at radius 1 is 1.10 bits per heavy atom. The molecule has 0 saturated heterocycles. The summed E-state index contributed by atoms with van der Waals surface area (Å²) >= 11 is 0. The number of hydrogen-bond donors (Lipinski definition) is 1. The van der Waals surface area contributed by atoms with Crippen LogP contribution in [-0.2, 0) is 0 Å². The van der Waals surface area contributed by atoms with Gasteiger partial charge in [-0.05, 0) is 28.8 Å². The van der Waals surface area contributed by atoms with Crippen molar-refractivity contribution in [1.29, 1.82) is 0 Å². The number of hydrogen-bond acceptors (Lipinski definition) is 1. The lowest BCUT2D eigenvalue weighted by atomic mass is 10.2. The zero-order chi connectivity index (χ0) is 6.53. The summed E-state index contributed by atoms with van der Waals surface area (Å²) in [4.78, 5) is 0. The third-order valence-corrected chi connectivity index (χ3v) is 1.09. The second kappa shape index (κ2) is 4.82. The Balaban J connectivity index is 0.000000810. The van der Waals surface area contributed by atoms with Crippen LogP contribution in [0.4, 0.5) is 0 Å². The van der Waals surface area contributed by atoms with E-state index in [0.717, 1.165) is 5.56 Å². The molecule has 10 heavy (non-hydrogen) atoms. The molecule has 0 aliphatic heterocycles. The molecule has 0 heterocycles. The van der Waals surface area contributed by atoms with E-state index in [9.17, 15) is 0 Å². The third-order valence-electron chi connectivity index (χ3n) is 1.09. The van der Waals surface area contributed by atoms with E-state index >= 15 is 0 Å². The molecule has 0 unspecified atom stereocenters. The molecule has 0 amide bonds. The second-order valence-electron chi connectivity index (χ2n) is 1.77. The Kier molecular flexibility index (Phi) is 4.33. The number of benzene rings is 1. The first-order valence-electron chi connectivity index (χ1n) is 2.87. The molecular weight excluding hydrogens is 138 g/mol. The van der Waals surface area contributed by atoms with Crippen LogP contribution in [0.3, 0.4) is 0 Å². The Hall–Kier alpha value is -1.02. The van der Waals surface area contributed by atoms with Gasteiger partial charge < -0.3 is 5.73 Å². The molecule has 1 nitrogen and oxygen atoms in total. The largest absolute Gasteiger partial charge is 0.405 e. The molecule has 0 saturated carbocycles. The van der Waals surface area contributed by atoms with Gasteiger partial charge in [0.15, 0.2) is 0 Å². The fraction of sp³-hybridized carbons (Fsp3) is 0. The molecule has 0 bridgehead atoms. The highest BCUT2D eigenvalue weighted by molar-refractivity contribution is 5.75. The average molecular weight is 151 g/mol. The van der Waals surface area contributed by atoms with Gasteiger partial charge in [-0.1, -0.05) is 30.3 Å². The molecule has 1 aromatic rings. The van der Waals surface area contributed by atoms with Crippen LogP contribution in [0.1, 0.15) is 5.56 Å². The topological polar surface area (TPSA) is 26.0 Å².